The summed E-state index contributed by atoms with van der Waals surface area (Å²) in [6.07, 6.45) is 3.28. The van der Waals surface area contributed by atoms with Gasteiger partial charge >= 0.3 is 0 Å². The van der Waals surface area contributed by atoms with E-state index >= 15 is 0 Å². The van der Waals surface area contributed by atoms with Crippen LogP contribution in [0, 0.1) is 0 Å². The molecule has 1 saturated heterocycles. The van der Waals surface area contributed by atoms with Crippen LogP contribution in [0.15, 0.2) is 24.5 Å². The van der Waals surface area contributed by atoms with Crippen molar-refractivity contribution in [3.63, 3.8) is 0 Å². The maximum Gasteiger partial charge on any atom is 0.267 e. The number of carbonyl (C=O) groups is 1. The van der Waals surface area contributed by atoms with Gasteiger partial charge in [-0.25, -0.2) is 4.98 Å². The van der Waals surface area contributed by atoms with Gasteiger partial charge in [-0.05, 0) is 23.7 Å². The number of rotatable bonds is 2. The Morgan fingerprint density at radius 3 is 2.60 bits per heavy atom. The molecule has 0 spiro atoms. The molecular formula is C12H14N6OS. The van der Waals surface area contributed by atoms with Crippen LogP contribution in [0.2, 0.25) is 0 Å². The first-order valence-electron chi connectivity index (χ1n) is 6.27. The molecule has 0 atom stereocenters. The van der Waals surface area contributed by atoms with E-state index in [-0.39, 0.29) is 5.91 Å². The number of anilines is 2. The molecule has 20 heavy (non-hydrogen) atoms. The van der Waals surface area contributed by atoms with Gasteiger partial charge in [-0.2, -0.15) is 0 Å². The predicted molar refractivity (Wildman–Crippen MR) is 76.7 cm³/mol. The van der Waals surface area contributed by atoms with E-state index in [0.29, 0.717) is 23.8 Å². The number of nitrogen functional groups attached to an aromatic ring is 1. The Labute approximate surface area is 120 Å². The van der Waals surface area contributed by atoms with Crippen LogP contribution in [0.4, 0.5) is 11.5 Å². The highest BCUT2D eigenvalue weighted by Gasteiger charge is 2.23. The van der Waals surface area contributed by atoms with Gasteiger partial charge in [-0.15, -0.1) is 5.10 Å². The first kappa shape index (κ1) is 12.8. The van der Waals surface area contributed by atoms with Crippen LogP contribution in [0.5, 0.6) is 0 Å². The topological polar surface area (TPSA) is 88.2 Å². The van der Waals surface area contributed by atoms with Crippen molar-refractivity contribution in [1.82, 2.24) is 19.5 Å². The zero-order chi connectivity index (χ0) is 13.9. The zero-order valence-electron chi connectivity index (χ0n) is 10.8. The number of piperazine rings is 1. The molecule has 2 aromatic heterocycles. The number of pyridine rings is 1. The van der Waals surface area contributed by atoms with Gasteiger partial charge in [-0.1, -0.05) is 4.49 Å². The third-order valence-corrected chi connectivity index (χ3v) is 3.93. The number of amides is 1. The molecular weight excluding hydrogens is 276 g/mol. The molecule has 2 N–H and O–H groups in total. The maximum absolute atomic E-state index is 12.2. The van der Waals surface area contributed by atoms with Crippen molar-refractivity contribution in [2.24, 2.45) is 0 Å². The summed E-state index contributed by atoms with van der Waals surface area (Å²) in [4.78, 5) is 20.9. The third-order valence-electron chi connectivity index (χ3n) is 3.27. The van der Waals surface area contributed by atoms with Crippen molar-refractivity contribution in [3.8, 4) is 0 Å². The number of hydrogen-bond acceptors (Lipinski definition) is 7. The first-order chi connectivity index (χ1) is 9.74. The van der Waals surface area contributed by atoms with Crippen molar-refractivity contribution in [3.05, 3.63) is 29.4 Å². The molecule has 3 heterocycles. The van der Waals surface area contributed by atoms with Gasteiger partial charge < -0.3 is 15.5 Å². The molecule has 0 saturated carbocycles. The van der Waals surface area contributed by atoms with E-state index in [4.69, 9.17) is 5.73 Å². The standard InChI is InChI=1S/C12H14N6OS/c13-11-2-1-9(7-14-11)17-3-5-18(6-4-17)12(19)10-8-15-16-20-10/h1-2,7-8H,3-6H2,(H2,13,14). The highest BCUT2D eigenvalue weighted by atomic mass is 32.1. The smallest absolute Gasteiger partial charge is 0.267 e. The summed E-state index contributed by atoms with van der Waals surface area (Å²) in [5.74, 6) is 0.523. The largest absolute Gasteiger partial charge is 0.384 e. The molecule has 1 aliphatic heterocycles. The minimum absolute atomic E-state index is 0.00933. The Morgan fingerprint density at radius 1 is 1.20 bits per heavy atom. The summed E-state index contributed by atoms with van der Waals surface area (Å²) in [5, 5.41) is 3.70. The second-order valence-corrected chi connectivity index (χ2v) is 5.29. The van der Waals surface area contributed by atoms with Crippen molar-refractivity contribution in [2.75, 3.05) is 36.8 Å². The molecule has 2 aromatic rings. The molecule has 1 amide bonds. The highest BCUT2D eigenvalue weighted by molar-refractivity contribution is 7.07. The molecule has 8 heteroatoms. The van der Waals surface area contributed by atoms with Crippen LogP contribution < -0.4 is 10.6 Å². The van der Waals surface area contributed by atoms with Crippen LogP contribution in [0.25, 0.3) is 0 Å². The van der Waals surface area contributed by atoms with Crippen LogP contribution in [0.3, 0.4) is 0 Å². The molecule has 1 aliphatic rings. The normalized spacial score (nSPS) is 15.4. The number of hydrogen-bond donors (Lipinski definition) is 1. The molecule has 104 valence electrons. The van der Waals surface area contributed by atoms with E-state index in [1.54, 1.807) is 12.3 Å². The van der Waals surface area contributed by atoms with Crippen LogP contribution in [-0.4, -0.2) is 51.6 Å². The molecule has 0 aliphatic carbocycles. The minimum Gasteiger partial charge on any atom is -0.384 e. The van der Waals surface area contributed by atoms with Gasteiger partial charge in [0, 0.05) is 26.2 Å². The molecule has 0 unspecified atom stereocenters. The summed E-state index contributed by atoms with van der Waals surface area (Å²) in [6, 6.07) is 3.74. The van der Waals surface area contributed by atoms with Gasteiger partial charge in [0.05, 0.1) is 18.1 Å². The summed E-state index contributed by atoms with van der Waals surface area (Å²) in [7, 11) is 0. The fourth-order valence-corrected chi connectivity index (χ4v) is 2.65. The van der Waals surface area contributed by atoms with E-state index in [2.05, 4.69) is 19.5 Å². The molecule has 0 aromatic carbocycles. The van der Waals surface area contributed by atoms with E-state index in [1.165, 1.54) is 6.20 Å². The van der Waals surface area contributed by atoms with Gasteiger partial charge in [-0.3, -0.25) is 4.79 Å². The Balaban J connectivity index is 1.62. The van der Waals surface area contributed by atoms with Crippen molar-refractivity contribution in [1.29, 1.82) is 0 Å². The second-order valence-electron chi connectivity index (χ2n) is 4.50. The van der Waals surface area contributed by atoms with Crippen LogP contribution in [0.1, 0.15) is 9.67 Å². The zero-order valence-corrected chi connectivity index (χ0v) is 11.6. The molecule has 7 nitrogen and oxygen atoms in total. The fraction of sp³-hybridized carbons (Fsp3) is 0.333. The minimum atomic E-state index is 0.00933. The highest BCUT2D eigenvalue weighted by Crippen LogP contribution is 2.17. The number of aromatic nitrogens is 3. The second kappa shape index (κ2) is 5.41. The average Bonchev–Trinajstić information content (AvgIpc) is 3.02. The molecule has 3 rings (SSSR count). The lowest BCUT2D eigenvalue weighted by Gasteiger charge is -2.35. The van der Waals surface area contributed by atoms with Crippen LogP contribution >= 0.6 is 11.5 Å². The molecule has 1 fully saturated rings. The Bertz CT molecular complexity index is 577. The van der Waals surface area contributed by atoms with Crippen molar-refractivity contribution in [2.45, 2.75) is 0 Å². The lowest BCUT2D eigenvalue weighted by molar-refractivity contribution is 0.0751. The van der Waals surface area contributed by atoms with Gasteiger partial charge in [0.1, 0.15) is 10.7 Å². The van der Waals surface area contributed by atoms with E-state index < -0.39 is 0 Å². The first-order valence-corrected chi connectivity index (χ1v) is 7.04. The summed E-state index contributed by atoms with van der Waals surface area (Å²) < 4.78 is 3.72. The number of carbonyl (C=O) groups excluding carboxylic acids is 1. The maximum atomic E-state index is 12.2. The summed E-state index contributed by atoms with van der Waals surface area (Å²) in [5.41, 5.74) is 6.61. The monoisotopic (exact) mass is 290 g/mol. The summed E-state index contributed by atoms with van der Waals surface area (Å²) >= 11 is 1.13. The van der Waals surface area contributed by atoms with Gasteiger partial charge in [0.2, 0.25) is 0 Å². The number of nitrogens with two attached hydrogens (primary N) is 1. The Hall–Kier alpha value is -2.22. The molecule has 0 bridgehead atoms. The molecule has 0 radical (unpaired) electrons. The quantitative estimate of drug-likeness (QED) is 0.865. The predicted octanol–water partition coefficient (Wildman–Crippen LogP) is 0.478. The van der Waals surface area contributed by atoms with E-state index in [0.717, 1.165) is 30.3 Å². The SMILES string of the molecule is Nc1ccc(N2CCN(C(=O)c3cnns3)CC2)cn1. The van der Waals surface area contributed by atoms with Gasteiger partial charge in [0.25, 0.3) is 5.91 Å². The van der Waals surface area contributed by atoms with Crippen molar-refractivity contribution >= 4 is 28.9 Å². The van der Waals surface area contributed by atoms with E-state index in [1.807, 2.05) is 11.0 Å². The lowest BCUT2D eigenvalue weighted by Crippen LogP contribution is -2.48. The van der Waals surface area contributed by atoms with Crippen molar-refractivity contribution < 1.29 is 4.79 Å². The van der Waals surface area contributed by atoms with Gasteiger partial charge in [0.15, 0.2) is 0 Å². The Morgan fingerprint density at radius 2 is 2.00 bits per heavy atom. The summed E-state index contributed by atoms with van der Waals surface area (Å²) in [6.45, 7) is 2.93. The third kappa shape index (κ3) is 2.55. The number of nitrogens with zero attached hydrogens (tertiary/aromatic N) is 5. The van der Waals surface area contributed by atoms with Crippen LogP contribution in [-0.2, 0) is 0 Å². The Kier molecular flexibility index (Phi) is 3.46. The average molecular weight is 290 g/mol. The van der Waals surface area contributed by atoms with E-state index in [9.17, 15) is 4.79 Å². The lowest BCUT2D eigenvalue weighted by atomic mass is 10.2. The fourth-order valence-electron chi connectivity index (χ4n) is 2.17.